The fraction of sp³-hybridized carbons (Fsp3) is 0.409. The molecule has 1 fully saturated rings. The van der Waals surface area contributed by atoms with Gasteiger partial charge in [-0.15, -0.1) is 0 Å². The van der Waals surface area contributed by atoms with Gasteiger partial charge in [0.15, 0.2) is 11.5 Å². The van der Waals surface area contributed by atoms with Crippen LogP contribution in [-0.2, 0) is 0 Å². The summed E-state index contributed by atoms with van der Waals surface area (Å²) in [6.45, 7) is 7.61. The van der Waals surface area contributed by atoms with Crippen molar-refractivity contribution in [2.75, 3.05) is 39.5 Å². The molecule has 3 rings (SSSR count). The molecular weight excluding hydrogens is 356 g/mol. The van der Waals surface area contributed by atoms with Gasteiger partial charge in [0.2, 0.25) is 0 Å². The van der Waals surface area contributed by atoms with E-state index in [0.717, 1.165) is 18.8 Å². The normalized spacial score (nSPS) is 16.5. The Kier molecular flexibility index (Phi) is 7.14. The van der Waals surface area contributed by atoms with Crippen LogP contribution in [0.1, 0.15) is 24.2 Å². The maximum absolute atomic E-state index is 12.9. The number of ether oxygens (including phenoxy) is 3. The highest BCUT2D eigenvalue weighted by Crippen LogP contribution is 2.29. The monoisotopic (exact) mass is 384 g/mol. The zero-order valence-corrected chi connectivity index (χ0v) is 16.5. The molecule has 0 aromatic heterocycles. The predicted octanol–water partition coefficient (Wildman–Crippen LogP) is 2.98. The van der Waals surface area contributed by atoms with Crippen LogP contribution in [0.5, 0.6) is 17.2 Å². The van der Waals surface area contributed by atoms with Crippen LogP contribution in [0.4, 0.5) is 0 Å². The Morgan fingerprint density at radius 3 is 2.61 bits per heavy atom. The Morgan fingerprint density at radius 1 is 1.07 bits per heavy atom. The summed E-state index contributed by atoms with van der Waals surface area (Å²) in [4.78, 5) is 14.8. The van der Waals surface area contributed by atoms with E-state index in [2.05, 4.69) is 12.2 Å². The first-order chi connectivity index (χ1) is 13.7. The van der Waals surface area contributed by atoms with Gasteiger partial charge in [-0.1, -0.05) is 18.2 Å². The summed E-state index contributed by atoms with van der Waals surface area (Å²) in [6, 6.07) is 15.2. The highest BCUT2D eigenvalue weighted by atomic mass is 16.5. The minimum atomic E-state index is 0.0221. The zero-order chi connectivity index (χ0) is 19.8. The van der Waals surface area contributed by atoms with E-state index in [4.69, 9.17) is 14.2 Å². The molecule has 0 aliphatic carbocycles. The lowest BCUT2D eigenvalue weighted by molar-refractivity contribution is 0.0655. The zero-order valence-electron chi connectivity index (χ0n) is 16.5. The van der Waals surface area contributed by atoms with E-state index >= 15 is 0 Å². The molecule has 2 aromatic carbocycles. The molecule has 1 aliphatic rings. The third-order valence-corrected chi connectivity index (χ3v) is 4.61. The molecule has 0 spiro atoms. The van der Waals surface area contributed by atoms with Crippen molar-refractivity contribution in [3.63, 3.8) is 0 Å². The molecule has 1 N–H and O–H groups in total. The molecule has 0 radical (unpaired) electrons. The SMILES string of the molecule is CCOc1cc(C(=O)N2CCNC[C@@H]2C)ccc1OCCOc1ccccc1. The summed E-state index contributed by atoms with van der Waals surface area (Å²) >= 11 is 0. The molecule has 1 aliphatic heterocycles. The molecule has 1 amide bonds. The van der Waals surface area contributed by atoms with Crippen molar-refractivity contribution in [2.24, 2.45) is 0 Å². The standard InChI is InChI=1S/C22H28N2O4/c1-3-26-21-15-18(22(25)24-12-11-23-16-17(24)2)9-10-20(21)28-14-13-27-19-7-5-4-6-8-19/h4-10,15,17,23H,3,11-14,16H2,1-2H3/t17-/m0/s1. The summed E-state index contributed by atoms with van der Waals surface area (Å²) in [5, 5.41) is 3.30. The Morgan fingerprint density at radius 2 is 1.86 bits per heavy atom. The number of hydrogen-bond donors (Lipinski definition) is 1. The Hall–Kier alpha value is -2.73. The highest BCUT2D eigenvalue weighted by molar-refractivity contribution is 5.95. The molecule has 6 heteroatoms. The average Bonchev–Trinajstić information content (AvgIpc) is 2.73. The van der Waals surface area contributed by atoms with Gasteiger partial charge in [-0.25, -0.2) is 0 Å². The van der Waals surface area contributed by atoms with E-state index < -0.39 is 0 Å². The summed E-state index contributed by atoms with van der Waals surface area (Å²) in [5.41, 5.74) is 0.616. The second-order valence-corrected chi connectivity index (χ2v) is 6.66. The van der Waals surface area contributed by atoms with Crippen LogP contribution in [0.2, 0.25) is 0 Å². The fourth-order valence-electron chi connectivity index (χ4n) is 3.17. The van der Waals surface area contributed by atoms with E-state index in [9.17, 15) is 4.79 Å². The quantitative estimate of drug-likeness (QED) is 0.709. The number of rotatable bonds is 8. The lowest BCUT2D eigenvalue weighted by Gasteiger charge is -2.34. The Labute approximate surface area is 166 Å². The van der Waals surface area contributed by atoms with Gasteiger partial charge >= 0.3 is 0 Å². The van der Waals surface area contributed by atoms with Crippen molar-refractivity contribution in [1.82, 2.24) is 10.2 Å². The van der Waals surface area contributed by atoms with Crippen molar-refractivity contribution >= 4 is 5.91 Å². The van der Waals surface area contributed by atoms with E-state index in [-0.39, 0.29) is 11.9 Å². The van der Waals surface area contributed by atoms with Gasteiger partial charge in [-0.2, -0.15) is 0 Å². The van der Waals surface area contributed by atoms with Crippen LogP contribution in [0.3, 0.4) is 0 Å². The van der Waals surface area contributed by atoms with Gasteiger partial charge < -0.3 is 24.4 Å². The van der Waals surface area contributed by atoms with Crippen molar-refractivity contribution in [3.8, 4) is 17.2 Å². The Bertz CT molecular complexity index is 766. The van der Waals surface area contributed by atoms with Crippen molar-refractivity contribution in [3.05, 3.63) is 54.1 Å². The number of amides is 1. The van der Waals surface area contributed by atoms with Crippen molar-refractivity contribution < 1.29 is 19.0 Å². The number of piperazine rings is 1. The second-order valence-electron chi connectivity index (χ2n) is 6.66. The largest absolute Gasteiger partial charge is 0.490 e. The number of nitrogens with zero attached hydrogens (tertiary/aromatic N) is 1. The van der Waals surface area contributed by atoms with Crippen molar-refractivity contribution in [1.29, 1.82) is 0 Å². The number of hydrogen-bond acceptors (Lipinski definition) is 5. The summed E-state index contributed by atoms with van der Waals surface area (Å²) in [5.74, 6) is 2.02. The fourth-order valence-corrected chi connectivity index (χ4v) is 3.17. The number of carbonyl (C=O) groups is 1. The first kappa shape index (κ1) is 20.0. The smallest absolute Gasteiger partial charge is 0.254 e. The molecule has 0 bridgehead atoms. The molecular formula is C22H28N2O4. The van der Waals surface area contributed by atoms with E-state index in [1.807, 2.05) is 42.2 Å². The van der Waals surface area contributed by atoms with E-state index in [1.54, 1.807) is 18.2 Å². The van der Waals surface area contributed by atoms with Gasteiger partial charge in [-0.05, 0) is 44.2 Å². The second kappa shape index (κ2) is 9.99. The molecule has 2 aromatic rings. The summed E-state index contributed by atoms with van der Waals surface area (Å²) in [7, 11) is 0. The lowest BCUT2D eigenvalue weighted by atomic mass is 10.1. The summed E-state index contributed by atoms with van der Waals surface area (Å²) < 4.78 is 17.2. The lowest BCUT2D eigenvalue weighted by Crippen LogP contribution is -2.52. The van der Waals surface area contributed by atoms with Gasteiger partial charge in [-0.3, -0.25) is 4.79 Å². The van der Waals surface area contributed by atoms with Crippen LogP contribution in [0, 0.1) is 0 Å². The number of carbonyl (C=O) groups excluding carboxylic acids is 1. The minimum absolute atomic E-state index is 0.0221. The number of para-hydroxylation sites is 1. The molecule has 28 heavy (non-hydrogen) atoms. The van der Waals surface area contributed by atoms with Crippen LogP contribution >= 0.6 is 0 Å². The molecule has 0 saturated carbocycles. The molecule has 6 nitrogen and oxygen atoms in total. The predicted molar refractivity (Wildman–Crippen MR) is 108 cm³/mol. The van der Waals surface area contributed by atoms with Crippen molar-refractivity contribution in [2.45, 2.75) is 19.9 Å². The molecule has 1 heterocycles. The number of benzene rings is 2. The highest BCUT2D eigenvalue weighted by Gasteiger charge is 2.24. The van der Waals surface area contributed by atoms with Gasteiger partial charge in [0.1, 0.15) is 19.0 Å². The molecule has 0 unspecified atom stereocenters. The molecule has 1 atom stereocenters. The average molecular weight is 384 g/mol. The van der Waals surface area contributed by atoms with E-state index in [1.165, 1.54) is 0 Å². The topological polar surface area (TPSA) is 60.0 Å². The first-order valence-electron chi connectivity index (χ1n) is 9.78. The van der Waals surface area contributed by atoms with Gasteiger partial charge in [0.25, 0.3) is 5.91 Å². The maximum atomic E-state index is 12.9. The van der Waals surface area contributed by atoms with Crippen LogP contribution < -0.4 is 19.5 Å². The molecule has 1 saturated heterocycles. The van der Waals surface area contributed by atoms with Crippen LogP contribution in [-0.4, -0.2) is 56.3 Å². The Balaban J connectivity index is 1.62. The van der Waals surface area contributed by atoms with Gasteiger partial charge in [0.05, 0.1) is 6.61 Å². The van der Waals surface area contributed by atoms with E-state index in [0.29, 0.717) is 43.4 Å². The molecule has 150 valence electrons. The minimum Gasteiger partial charge on any atom is -0.490 e. The number of nitrogens with one attached hydrogen (secondary N) is 1. The maximum Gasteiger partial charge on any atom is 0.254 e. The third kappa shape index (κ3) is 5.16. The van der Waals surface area contributed by atoms with Crippen LogP contribution in [0.25, 0.3) is 0 Å². The van der Waals surface area contributed by atoms with Crippen LogP contribution in [0.15, 0.2) is 48.5 Å². The first-order valence-corrected chi connectivity index (χ1v) is 9.78. The summed E-state index contributed by atoms with van der Waals surface area (Å²) in [6.07, 6.45) is 0. The third-order valence-electron chi connectivity index (χ3n) is 4.61. The van der Waals surface area contributed by atoms with Gasteiger partial charge in [0, 0.05) is 31.2 Å².